The van der Waals surface area contributed by atoms with E-state index in [-0.39, 0.29) is 17.7 Å². The van der Waals surface area contributed by atoms with E-state index >= 15 is 0 Å². The van der Waals surface area contributed by atoms with Crippen molar-refractivity contribution in [1.29, 1.82) is 5.26 Å². The smallest absolute Gasteiger partial charge is 0.249 e. The van der Waals surface area contributed by atoms with Gasteiger partial charge in [0, 0.05) is 37.8 Å². The fourth-order valence-corrected chi connectivity index (χ4v) is 5.41. The number of hydrogen-bond acceptors (Lipinski definition) is 5. The van der Waals surface area contributed by atoms with Crippen LogP contribution in [-0.2, 0) is 16.3 Å². The van der Waals surface area contributed by atoms with Gasteiger partial charge < -0.3 is 4.74 Å². The van der Waals surface area contributed by atoms with Crippen molar-refractivity contribution in [2.75, 3.05) is 18.1 Å². The molecule has 2 atom stereocenters. The largest absolute Gasteiger partial charge is 0.359 e. The molecule has 4 rings (SSSR count). The first-order valence-corrected chi connectivity index (χ1v) is 15.0. The molecule has 0 unspecified atom stereocenters. The quantitative estimate of drug-likeness (QED) is 0.424. The monoisotopic (exact) mass is 489 g/mol. The van der Waals surface area contributed by atoms with Gasteiger partial charge >= 0.3 is 0 Å². The van der Waals surface area contributed by atoms with E-state index in [4.69, 9.17) is 9.84 Å². The maximum absolute atomic E-state index is 13.5. The number of fused-ring (bicyclic) bond motifs is 1. The lowest BCUT2D eigenvalue weighted by Gasteiger charge is -2.22. The van der Waals surface area contributed by atoms with E-state index in [1.54, 1.807) is 15.8 Å². The predicted molar refractivity (Wildman–Crippen MR) is 122 cm³/mol. The molecule has 2 aliphatic rings. The number of nitrogens with zero attached hydrogens (tertiary/aromatic N) is 5. The highest BCUT2D eigenvalue weighted by molar-refractivity contribution is 9.10. The van der Waals surface area contributed by atoms with E-state index in [0.29, 0.717) is 31.3 Å². The van der Waals surface area contributed by atoms with Crippen LogP contribution in [-0.4, -0.2) is 41.9 Å². The highest BCUT2D eigenvalue weighted by atomic mass is 79.9. The number of anilines is 1. The van der Waals surface area contributed by atoms with Gasteiger partial charge in [-0.2, -0.15) is 5.26 Å². The number of halogens is 1. The number of ether oxygens (including phenoxy) is 1. The Morgan fingerprint density at radius 1 is 1.40 bits per heavy atom. The summed E-state index contributed by atoms with van der Waals surface area (Å²) in [4.78, 5) is 19.7. The van der Waals surface area contributed by atoms with Crippen LogP contribution in [0, 0.1) is 28.6 Å². The maximum Gasteiger partial charge on any atom is 0.249 e. The average molecular weight is 490 g/mol. The van der Waals surface area contributed by atoms with Crippen LogP contribution >= 0.6 is 15.9 Å². The molecule has 2 aromatic rings. The van der Waals surface area contributed by atoms with Gasteiger partial charge in [0.2, 0.25) is 5.91 Å². The van der Waals surface area contributed by atoms with Crippen LogP contribution in [0.4, 0.5) is 5.82 Å². The number of hydrogen-bond donors (Lipinski definition) is 0. The molecule has 1 saturated heterocycles. The number of aromatic nitrogens is 3. The van der Waals surface area contributed by atoms with Crippen molar-refractivity contribution in [3.8, 4) is 6.07 Å². The zero-order valence-corrected chi connectivity index (χ0v) is 20.6. The zero-order chi connectivity index (χ0) is 21.7. The van der Waals surface area contributed by atoms with Crippen molar-refractivity contribution in [2.45, 2.75) is 52.2 Å². The van der Waals surface area contributed by atoms with Crippen LogP contribution < -0.4 is 4.90 Å². The highest BCUT2D eigenvalue weighted by Crippen LogP contribution is 2.54. The summed E-state index contributed by atoms with van der Waals surface area (Å²) in [6.07, 6.45) is 3.62. The molecule has 30 heavy (non-hydrogen) atoms. The minimum atomic E-state index is -1.17. The number of nitriles is 1. The van der Waals surface area contributed by atoms with Gasteiger partial charge in [0.05, 0.1) is 11.5 Å². The number of carbonyl (C=O) groups excluding carboxylic acids is 1. The number of pyridine rings is 1. The van der Waals surface area contributed by atoms with E-state index in [9.17, 15) is 10.1 Å². The Morgan fingerprint density at radius 3 is 2.77 bits per heavy atom. The highest BCUT2D eigenvalue weighted by Gasteiger charge is 2.61. The van der Waals surface area contributed by atoms with Gasteiger partial charge in [-0.25, -0.2) is 9.67 Å². The van der Waals surface area contributed by atoms with Crippen LogP contribution in [0.25, 0.3) is 11.0 Å². The summed E-state index contributed by atoms with van der Waals surface area (Å²) in [7, 11) is -1.17. The molecule has 160 valence electrons. The minimum Gasteiger partial charge on any atom is -0.359 e. The van der Waals surface area contributed by atoms with E-state index in [1.165, 1.54) is 0 Å². The Kier molecular flexibility index (Phi) is 5.53. The van der Waals surface area contributed by atoms with Gasteiger partial charge in [0.25, 0.3) is 0 Å². The molecule has 1 aliphatic heterocycles. The molecular formula is C21H28BrN5O2Si. The topological polar surface area (TPSA) is 84.0 Å². The van der Waals surface area contributed by atoms with Crippen LogP contribution in [0.3, 0.4) is 0 Å². The van der Waals surface area contributed by atoms with Gasteiger partial charge in [-0.1, -0.05) is 26.6 Å². The van der Waals surface area contributed by atoms with Crippen LogP contribution in [0.5, 0.6) is 0 Å². The molecule has 7 nitrogen and oxygen atoms in total. The van der Waals surface area contributed by atoms with Crippen LogP contribution in [0.15, 0.2) is 16.7 Å². The second kappa shape index (κ2) is 7.73. The summed E-state index contributed by atoms with van der Waals surface area (Å²) >= 11 is 3.48. The third-order valence-corrected chi connectivity index (χ3v) is 8.38. The van der Waals surface area contributed by atoms with Crippen molar-refractivity contribution in [2.24, 2.45) is 17.3 Å². The second-order valence-corrected chi connectivity index (χ2v) is 16.3. The van der Waals surface area contributed by atoms with Crippen LogP contribution in [0.1, 0.15) is 19.8 Å². The summed E-state index contributed by atoms with van der Waals surface area (Å²) in [5, 5.41) is 15.5. The van der Waals surface area contributed by atoms with Gasteiger partial charge in [0.1, 0.15) is 12.1 Å². The molecule has 1 saturated carbocycles. The zero-order valence-electron chi connectivity index (χ0n) is 18.0. The molecule has 0 radical (unpaired) electrons. The summed E-state index contributed by atoms with van der Waals surface area (Å²) in [5.41, 5.74) is -0.244. The predicted octanol–water partition coefficient (Wildman–Crippen LogP) is 4.41. The molecule has 2 fully saturated rings. The summed E-state index contributed by atoms with van der Waals surface area (Å²) < 4.78 is 8.44. The lowest BCUT2D eigenvalue weighted by molar-refractivity contribution is -0.124. The lowest BCUT2D eigenvalue weighted by atomic mass is 9.75. The van der Waals surface area contributed by atoms with Crippen LogP contribution in [0.2, 0.25) is 25.7 Å². The Morgan fingerprint density at radius 2 is 2.13 bits per heavy atom. The fraction of sp³-hybridized carbons (Fsp3) is 0.619. The van der Waals surface area contributed by atoms with Gasteiger partial charge in [-0.15, -0.1) is 5.10 Å². The Balaban J connectivity index is 1.65. The first kappa shape index (κ1) is 21.5. The van der Waals surface area contributed by atoms with E-state index in [2.05, 4.69) is 46.6 Å². The SMILES string of the molecule is C[C@@H]1CN(c2nn(COCC[Si](C)(C)C)c3ncc(Br)cc23)C(=O)[C@]1(C#N)C1CC1. The standard InChI is InChI=1S/C21H28BrN5O2Si/c1-14-11-26(20(28)21(14,12-23)15-5-6-15)19-17-9-16(22)10-24-18(17)27(25-19)13-29-7-8-30(2,3)4/h9-10,14-15H,5-8,11,13H2,1-4H3/t14-,21+/m1/s1. The van der Waals surface area contributed by atoms with E-state index in [0.717, 1.165) is 28.7 Å². The fourth-order valence-electron chi connectivity index (χ4n) is 4.32. The van der Waals surface area contributed by atoms with Gasteiger partial charge in [0.15, 0.2) is 11.5 Å². The Labute approximate surface area is 186 Å². The van der Waals surface area contributed by atoms with Gasteiger partial charge in [-0.05, 0) is 46.8 Å². The molecule has 0 bridgehead atoms. The Bertz CT molecular complexity index is 1020. The van der Waals surface area contributed by atoms with Crippen molar-refractivity contribution < 1.29 is 9.53 Å². The summed E-state index contributed by atoms with van der Waals surface area (Å²) in [5.74, 6) is 0.585. The van der Waals surface area contributed by atoms with E-state index in [1.807, 2.05) is 13.0 Å². The Hall–Kier alpha value is -1.76. The normalized spacial score (nSPS) is 24.6. The maximum atomic E-state index is 13.5. The molecule has 2 aromatic heterocycles. The summed E-state index contributed by atoms with van der Waals surface area (Å²) in [6, 6.07) is 5.40. The molecule has 3 heterocycles. The third kappa shape index (κ3) is 3.70. The average Bonchev–Trinajstić information content (AvgIpc) is 3.41. The molecule has 0 aromatic carbocycles. The molecule has 0 spiro atoms. The third-order valence-electron chi connectivity index (χ3n) is 6.24. The number of carbonyl (C=O) groups is 1. The molecule has 1 amide bonds. The molecular weight excluding hydrogens is 462 g/mol. The molecule has 1 aliphatic carbocycles. The van der Waals surface area contributed by atoms with Crippen molar-refractivity contribution >= 4 is 46.8 Å². The first-order valence-electron chi connectivity index (χ1n) is 10.5. The molecule has 0 N–H and O–H groups in total. The number of rotatable bonds is 7. The second-order valence-electron chi connectivity index (χ2n) is 9.77. The van der Waals surface area contributed by atoms with Crippen molar-refractivity contribution in [3.63, 3.8) is 0 Å². The van der Waals surface area contributed by atoms with Crippen molar-refractivity contribution in [3.05, 3.63) is 16.7 Å². The van der Waals surface area contributed by atoms with Gasteiger partial charge in [-0.3, -0.25) is 9.69 Å². The lowest BCUT2D eigenvalue weighted by Crippen LogP contribution is -2.37. The van der Waals surface area contributed by atoms with E-state index < -0.39 is 13.5 Å². The first-order chi connectivity index (χ1) is 14.2. The minimum absolute atomic E-state index is 0.0317. The summed E-state index contributed by atoms with van der Waals surface area (Å²) in [6.45, 7) is 10.4. The number of amides is 1. The molecule has 9 heteroatoms. The van der Waals surface area contributed by atoms with Crippen molar-refractivity contribution in [1.82, 2.24) is 14.8 Å².